The normalized spacial score (nSPS) is 26.2. The van der Waals surface area contributed by atoms with Crippen LogP contribution < -0.4 is 11.1 Å². The number of aliphatic hydroxyl groups excluding tert-OH is 1. The average Bonchev–Trinajstić information content (AvgIpc) is 2.70. The summed E-state index contributed by atoms with van der Waals surface area (Å²) in [6.45, 7) is -0.130. The molecule has 3 unspecified atom stereocenters. The lowest BCUT2D eigenvalue weighted by molar-refractivity contribution is -0.150. The molecule has 1 saturated carbocycles. The van der Waals surface area contributed by atoms with Gasteiger partial charge in [-0.3, -0.25) is 4.79 Å². The van der Waals surface area contributed by atoms with E-state index in [1.54, 1.807) is 0 Å². The van der Waals surface area contributed by atoms with Crippen molar-refractivity contribution in [2.45, 2.75) is 31.4 Å². The summed E-state index contributed by atoms with van der Waals surface area (Å²) in [5.41, 5.74) is 5.76. The molecule has 0 aromatic heterocycles. The molecule has 92 valence electrons. The van der Waals surface area contributed by atoms with Gasteiger partial charge in [0.25, 0.3) is 0 Å². The first-order chi connectivity index (χ1) is 7.56. The van der Waals surface area contributed by atoms with Gasteiger partial charge in [-0.15, -0.1) is 0 Å². The SMILES string of the molecule is COC(=O)C(O)CNC(=O)C1CCCC1N. The third kappa shape index (κ3) is 3.18. The van der Waals surface area contributed by atoms with Crippen LogP contribution in [0.1, 0.15) is 19.3 Å². The molecule has 0 heterocycles. The van der Waals surface area contributed by atoms with Gasteiger partial charge < -0.3 is 20.9 Å². The highest BCUT2D eigenvalue weighted by Gasteiger charge is 2.30. The monoisotopic (exact) mass is 230 g/mol. The zero-order chi connectivity index (χ0) is 12.1. The molecule has 0 aromatic rings. The second-order valence-corrected chi connectivity index (χ2v) is 3.99. The number of hydrogen-bond acceptors (Lipinski definition) is 5. The maximum atomic E-state index is 11.6. The van der Waals surface area contributed by atoms with Gasteiger partial charge in [-0.1, -0.05) is 6.42 Å². The fourth-order valence-corrected chi connectivity index (χ4v) is 1.86. The number of hydrogen-bond donors (Lipinski definition) is 3. The average molecular weight is 230 g/mol. The Morgan fingerprint density at radius 3 is 2.75 bits per heavy atom. The van der Waals surface area contributed by atoms with Crippen LogP contribution in [0.4, 0.5) is 0 Å². The van der Waals surface area contributed by atoms with E-state index in [1.165, 1.54) is 7.11 Å². The Labute approximate surface area is 94.1 Å². The van der Waals surface area contributed by atoms with Crippen molar-refractivity contribution in [2.75, 3.05) is 13.7 Å². The summed E-state index contributed by atoms with van der Waals surface area (Å²) in [4.78, 5) is 22.5. The number of ether oxygens (including phenoxy) is 1. The zero-order valence-electron chi connectivity index (χ0n) is 9.31. The van der Waals surface area contributed by atoms with Crippen LogP contribution in [-0.4, -0.2) is 42.8 Å². The summed E-state index contributed by atoms with van der Waals surface area (Å²) in [6, 6.07) is -0.115. The maximum absolute atomic E-state index is 11.6. The lowest BCUT2D eigenvalue weighted by Crippen LogP contribution is -2.43. The molecule has 16 heavy (non-hydrogen) atoms. The number of carbonyl (C=O) groups excluding carboxylic acids is 2. The molecule has 1 fully saturated rings. The Hall–Kier alpha value is -1.14. The summed E-state index contributed by atoms with van der Waals surface area (Å²) in [7, 11) is 1.18. The minimum atomic E-state index is -1.31. The molecule has 1 rings (SSSR count). The molecule has 4 N–H and O–H groups in total. The second kappa shape index (κ2) is 5.81. The highest BCUT2D eigenvalue weighted by Crippen LogP contribution is 2.23. The van der Waals surface area contributed by atoms with Gasteiger partial charge in [-0.05, 0) is 12.8 Å². The number of nitrogens with two attached hydrogens (primary N) is 1. The van der Waals surface area contributed by atoms with E-state index in [0.717, 1.165) is 19.3 Å². The number of rotatable bonds is 4. The molecule has 0 aromatic carbocycles. The van der Waals surface area contributed by atoms with E-state index < -0.39 is 12.1 Å². The van der Waals surface area contributed by atoms with Crippen molar-refractivity contribution in [2.24, 2.45) is 11.7 Å². The van der Waals surface area contributed by atoms with Gasteiger partial charge in [0, 0.05) is 6.04 Å². The number of amides is 1. The minimum absolute atomic E-state index is 0.115. The molecule has 1 amide bonds. The van der Waals surface area contributed by atoms with E-state index in [1.807, 2.05) is 0 Å². The highest BCUT2D eigenvalue weighted by atomic mass is 16.5. The number of carbonyl (C=O) groups is 2. The van der Waals surface area contributed by atoms with Crippen LogP contribution in [0.3, 0.4) is 0 Å². The molecule has 6 heteroatoms. The van der Waals surface area contributed by atoms with E-state index in [9.17, 15) is 14.7 Å². The Morgan fingerprint density at radius 2 is 2.25 bits per heavy atom. The second-order valence-electron chi connectivity index (χ2n) is 3.99. The Morgan fingerprint density at radius 1 is 1.56 bits per heavy atom. The van der Waals surface area contributed by atoms with E-state index in [0.29, 0.717) is 0 Å². The lowest BCUT2D eigenvalue weighted by Gasteiger charge is -2.16. The molecule has 0 saturated heterocycles. The first-order valence-corrected chi connectivity index (χ1v) is 5.35. The number of methoxy groups -OCH3 is 1. The molecule has 0 aliphatic heterocycles. The van der Waals surface area contributed by atoms with Gasteiger partial charge in [0.05, 0.1) is 19.6 Å². The zero-order valence-corrected chi connectivity index (χ0v) is 9.31. The van der Waals surface area contributed by atoms with Gasteiger partial charge in [-0.25, -0.2) is 4.79 Å². The number of nitrogens with one attached hydrogen (secondary N) is 1. The van der Waals surface area contributed by atoms with Crippen molar-refractivity contribution in [3.8, 4) is 0 Å². The molecular formula is C10H18N2O4. The van der Waals surface area contributed by atoms with Crippen LogP contribution in [0, 0.1) is 5.92 Å². The van der Waals surface area contributed by atoms with Gasteiger partial charge in [0.1, 0.15) is 0 Å². The Bertz CT molecular complexity index is 270. The molecule has 6 nitrogen and oxygen atoms in total. The van der Waals surface area contributed by atoms with Crippen molar-refractivity contribution in [3.63, 3.8) is 0 Å². The van der Waals surface area contributed by atoms with Crippen LogP contribution in [0.15, 0.2) is 0 Å². The molecule has 0 radical (unpaired) electrons. The van der Waals surface area contributed by atoms with Crippen LogP contribution in [0.2, 0.25) is 0 Å². The summed E-state index contributed by atoms with van der Waals surface area (Å²) in [5, 5.41) is 11.8. The maximum Gasteiger partial charge on any atom is 0.336 e. The summed E-state index contributed by atoms with van der Waals surface area (Å²) in [5.74, 6) is -1.16. The van der Waals surface area contributed by atoms with Crippen molar-refractivity contribution in [3.05, 3.63) is 0 Å². The van der Waals surface area contributed by atoms with Gasteiger partial charge in [0.15, 0.2) is 6.10 Å². The minimum Gasteiger partial charge on any atom is -0.467 e. The topological polar surface area (TPSA) is 102 Å². The lowest BCUT2D eigenvalue weighted by atomic mass is 10.0. The first-order valence-electron chi connectivity index (χ1n) is 5.35. The van der Waals surface area contributed by atoms with Gasteiger partial charge in [0.2, 0.25) is 5.91 Å². The molecule has 1 aliphatic rings. The van der Waals surface area contributed by atoms with Crippen LogP contribution in [-0.2, 0) is 14.3 Å². The predicted octanol–water partition coefficient (Wildman–Crippen LogP) is -1.24. The summed E-state index contributed by atoms with van der Waals surface area (Å²) in [6.07, 6.45) is 1.24. The van der Waals surface area contributed by atoms with Gasteiger partial charge >= 0.3 is 5.97 Å². The van der Waals surface area contributed by atoms with Crippen LogP contribution >= 0.6 is 0 Å². The van der Waals surface area contributed by atoms with Crippen molar-refractivity contribution < 1.29 is 19.4 Å². The third-order valence-corrected chi connectivity index (χ3v) is 2.85. The Balaban J connectivity index is 2.32. The van der Waals surface area contributed by atoms with Crippen LogP contribution in [0.5, 0.6) is 0 Å². The quantitative estimate of drug-likeness (QED) is 0.524. The molecular weight excluding hydrogens is 212 g/mol. The van der Waals surface area contributed by atoms with Crippen molar-refractivity contribution >= 4 is 11.9 Å². The third-order valence-electron chi connectivity index (χ3n) is 2.85. The molecule has 1 aliphatic carbocycles. The largest absolute Gasteiger partial charge is 0.467 e. The molecule has 0 bridgehead atoms. The fourth-order valence-electron chi connectivity index (χ4n) is 1.86. The summed E-state index contributed by atoms with van der Waals surface area (Å²) >= 11 is 0. The van der Waals surface area contributed by atoms with E-state index >= 15 is 0 Å². The smallest absolute Gasteiger partial charge is 0.336 e. The fraction of sp³-hybridized carbons (Fsp3) is 0.800. The molecule has 3 atom stereocenters. The van der Waals surface area contributed by atoms with E-state index in [2.05, 4.69) is 10.1 Å². The van der Waals surface area contributed by atoms with Gasteiger partial charge in [-0.2, -0.15) is 0 Å². The van der Waals surface area contributed by atoms with E-state index in [4.69, 9.17) is 5.73 Å². The van der Waals surface area contributed by atoms with Crippen molar-refractivity contribution in [1.82, 2.24) is 5.32 Å². The standard InChI is InChI=1S/C10H18N2O4/c1-16-10(15)8(13)5-12-9(14)6-3-2-4-7(6)11/h6-8,13H,2-5,11H2,1H3,(H,12,14). The van der Waals surface area contributed by atoms with Crippen LogP contribution in [0.25, 0.3) is 0 Å². The number of aliphatic hydroxyl groups is 1. The first kappa shape index (κ1) is 12.9. The highest BCUT2D eigenvalue weighted by molar-refractivity contribution is 5.81. The van der Waals surface area contributed by atoms with Crippen molar-refractivity contribution in [1.29, 1.82) is 0 Å². The predicted molar refractivity (Wildman–Crippen MR) is 56.3 cm³/mol. The summed E-state index contributed by atoms with van der Waals surface area (Å²) < 4.78 is 4.33. The Kier molecular flexibility index (Phi) is 4.70. The molecule has 0 spiro atoms. The van der Waals surface area contributed by atoms with E-state index in [-0.39, 0.29) is 24.4 Å². The number of esters is 1.